The van der Waals surface area contributed by atoms with Gasteiger partial charge < -0.3 is 4.74 Å². The first-order valence-electron chi connectivity index (χ1n) is 6.64. The number of hydrogen-bond donors (Lipinski definition) is 0. The van der Waals surface area contributed by atoms with Gasteiger partial charge in [0.15, 0.2) is 5.75 Å². The number of benzene rings is 2. The minimum absolute atomic E-state index is 0.241. The summed E-state index contributed by atoms with van der Waals surface area (Å²) in [7, 11) is 0. The second kappa shape index (κ2) is 5.25. The Kier molecular flexibility index (Phi) is 3.29. The number of nitrogens with zero attached hydrogens (tertiary/aromatic N) is 2. The molecule has 3 aromatic rings. The zero-order valence-electron chi connectivity index (χ0n) is 11.2. The van der Waals surface area contributed by atoms with Crippen molar-refractivity contribution in [1.29, 1.82) is 0 Å². The van der Waals surface area contributed by atoms with E-state index in [1.54, 1.807) is 6.07 Å². The van der Waals surface area contributed by atoms with Gasteiger partial charge in [0.25, 0.3) is 0 Å². The van der Waals surface area contributed by atoms with Gasteiger partial charge in [-0.3, -0.25) is 4.79 Å². The SMILES string of the molecule is CCCC(=O)Oc1cccc2nc3ccccc3nc12. The molecule has 0 aliphatic rings. The molecule has 0 aliphatic carbocycles. The van der Waals surface area contributed by atoms with Crippen LogP contribution in [-0.2, 0) is 4.79 Å². The van der Waals surface area contributed by atoms with Crippen LogP contribution in [0.1, 0.15) is 19.8 Å². The highest BCUT2D eigenvalue weighted by Crippen LogP contribution is 2.25. The van der Waals surface area contributed by atoms with E-state index in [2.05, 4.69) is 9.97 Å². The molecular weight excluding hydrogens is 252 g/mol. The number of ether oxygens (including phenoxy) is 1. The largest absolute Gasteiger partial charge is 0.424 e. The van der Waals surface area contributed by atoms with Gasteiger partial charge in [0.05, 0.1) is 16.6 Å². The van der Waals surface area contributed by atoms with Crippen molar-refractivity contribution in [2.75, 3.05) is 0 Å². The molecule has 0 radical (unpaired) electrons. The molecule has 3 rings (SSSR count). The minimum Gasteiger partial charge on any atom is -0.424 e. The quantitative estimate of drug-likeness (QED) is 0.413. The molecular formula is C16H14N2O2. The van der Waals surface area contributed by atoms with E-state index in [1.807, 2.05) is 43.3 Å². The van der Waals surface area contributed by atoms with E-state index in [0.717, 1.165) is 23.0 Å². The summed E-state index contributed by atoms with van der Waals surface area (Å²) < 4.78 is 5.38. The predicted molar refractivity (Wildman–Crippen MR) is 77.6 cm³/mol. The lowest BCUT2D eigenvalue weighted by atomic mass is 10.2. The number of carbonyl (C=O) groups excluding carboxylic acids is 1. The first kappa shape index (κ1) is 12.5. The lowest BCUT2D eigenvalue weighted by molar-refractivity contribution is -0.134. The number of fused-ring (bicyclic) bond motifs is 2. The molecule has 0 N–H and O–H groups in total. The molecule has 1 aromatic heterocycles. The fourth-order valence-corrected chi connectivity index (χ4v) is 2.08. The van der Waals surface area contributed by atoms with Crippen LogP contribution < -0.4 is 4.74 Å². The van der Waals surface area contributed by atoms with Crippen molar-refractivity contribution in [2.24, 2.45) is 0 Å². The second-order valence-corrected chi connectivity index (χ2v) is 4.56. The fraction of sp³-hybridized carbons (Fsp3) is 0.188. The molecule has 20 heavy (non-hydrogen) atoms. The van der Waals surface area contributed by atoms with Gasteiger partial charge in [-0.15, -0.1) is 0 Å². The average Bonchev–Trinajstić information content (AvgIpc) is 2.46. The molecule has 0 saturated carbocycles. The van der Waals surface area contributed by atoms with Crippen molar-refractivity contribution in [1.82, 2.24) is 9.97 Å². The number of aromatic nitrogens is 2. The van der Waals surface area contributed by atoms with Crippen molar-refractivity contribution in [3.8, 4) is 5.75 Å². The Morgan fingerprint density at radius 3 is 2.45 bits per heavy atom. The Morgan fingerprint density at radius 2 is 1.70 bits per heavy atom. The lowest BCUT2D eigenvalue weighted by Crippen LogP contribution is -2.07. The smallest absolute Gasteiger partial charge is 0.311 e. The van der Waals surface area contributed by atoms with Crippen molar-refractivity contribution >= 4 is 28.0 Å². The number of hydrogen-bond acceptors (Lipinski definition) is 4. The van der Waals surface area contributed by atoms with Crippen LogP contribution in [0.4, 0.5) is 0 Å². The highest BCUT2D eigenvalue weighted by molar-refractivity contribution is 5.90. The van der Waals surface area contributed by atoms with Crippen molar-refractivity contribution in [3.63, 3.8) is 0 Å². The molecule has 100 valence electrons. The Balaban J connectivity index is 2.12. The highest BCUT2D eigenvalue weighted by Gasteiger charge is 2.10. The van der Waals surface area contributed by atoms with E-state index in [9.17, 15) is 4.79 Å². The van der Waals surface area contributed by atoms with Gasteiger partial charge in [-0.1, -0.05) is 25.1 Å². The molecule has 0 unspecified atom stereocenters. The van der Waals surface area contributed by atoms with Crippen molar-refractivity contribution in [3.05, 3.63) is 42.5 Å². The Bertz CT molecular complexity index is 784. The molecule has 0 aliphatic heterocycles. The molecule has 2 aromatic carbocycles. The normalized spacial score (nSPS) is 10.8. The van der Waals surface area contributed by atoms with Crippen LogP contribution >= 0.6 is 0 Å². The Morgan fingerprint density at radius 1 is 1.00 bits per heavy atom. The second-order valence-electron chi connectivity index (χ2n) is 4.56. The monoisotopic (exact) mass is 266 g/mol. The van der Waals surface area contributed by atoms with Crippen LogP contribution in [0.3, 0.4) is 0 Å². The number of para-hydroxylation sites is 3. The van der Waals surface area contributed by atoms with Gasteiger partial charge in [0.2, 0.25) is 0 Å². The number of rotatable bonds is 3. The zero-order valence-corrected chi connectivity index (χ0v) is 11.2. The van der Waals surface area contributed by atoms with Crippen molar-refractivity contribution < 1.29 is 9.53 Å². The third kappa shape index (κ3) is 2.32. The maximum Gasteiger partial charge on any atom is 0.311 e. The molecule has 4 nitrogen and oxygen atoms in total. The number of carbonyl (C=O) groups is 1. The van der Waals surface area contributed by atoms with Gasteiger partial charge in [-0.25, -0.2) is 9.97 Å². The summed E-state index contributed by atoms with van der Waals surface area (Å²) in [6.07, 6.45) is 1.16. The molecule has 0 fully saturated rings. The van der Waals surface area contributed by atoms with E-state index in [1.165, 1.54) is 0 Å². The van der Waals surface area contributed by atoms with E-state index in [0.29, 0.717) is 17.7 Å². The molecule has 0 saturated heterocycles. The maximum atomic E-state index is 11.6. The first-order valence-corrected chi connectivity index (χ1v) is 6.64. The summed E-state index contributed by atoms with van der Waals surface area (Å²) in [5.41, 5.74) is 2.97. The molecule has 0 amide bonds. The molecule has 4 heteroatoms. The summed E-state index contributed by atoms with van der Waals surface area (Å²) in [4.78, 5) is 20.7. The summed E-state index contributed by atoms with van der Waals surface area (Å²) >= 11 is 0. The minimum atomic E-state index is -0.241. The van der Waals surface area contributed by atoms with E-state index in [4.69, 9.17) is 4.74 Å². The van der Waals surface area contributed by atoms with Crippen LogP contribution in [0, 0.1) is 0 Å². The standard InChI is InChI=1S/C16H14N2O2/c1-2-6-15(19)20-14-10-5-9-13-16(14)18-12-8-4-3-7-11(12)17-13/h3-5,7-10H,2,6H2,1H3. The van der Waals surface area contributed by atoms with Crippen LogP contribution in [0.25, 0.3) is 22.1 Å². The highest BCUT2D eigenvalue weighted by atomic mass is 16.5. The molecule has 1 heterocycles. The van der Waals surface area contributed by atoms with Crippen LogP contribution in [0.15, 0.2) is 42.5 Å². The summed E-state index contributed by atoms with van der Waals surface area (Å²) in [6.45, 7) is 1.94. The topological polar surface area (TPSA) is 52.1 Å². The predicted octanol–water partition coefficient (Wildman–Crippen LogP) is 3.49. The first-order chi connectivity index (χ1) is 9.78. The molecule has 0 bridgehead atoms. The third-order valence-corrected chi connectivity index (χ3v) is 3.01. The summed E-state index contributed by atoms with van der Waals surface area (Å²) in [5, 5.41) is 0. The Hall–Kier alpha value is -2.49. The van der Waals surface area contributed by atoms with E-state index in [-0.39, 0.29) is 5.97 Å². The van der Waals surface area contributed by atoms with Gasteiger partial charge in [-0.05, 0) is 30.7 Å². The van der Waals surface area contributed by atoms with Gasteiger partial charge >= 0.3 is 5.97 Å². The van der Waals surface area contributed by atoms with Crippen molar-refractivity contribution in [2.45, 2.75) is 19.8 Å². The zero-order chi connectivity index (χ0) is 13.9. The lowest BCUT2D eigenvalue weighted by Gasteiger charge is -2.07. The number of esters is 1. The van der Waals surface area contributed by atoms with E-state index >= 15 is 0 Å². The Labute approximate surface area is 116 Å². The van der Waals surface area contributed by atoms with Gasteiger partial charge in [-0.2, -0.15) is 0 Å². The summed E-state index contributed by atoms with van der Waals surface area (Å²) in [5.74, 6) is 0.231. The fourth-order valence-electron chi connectivity index (χ4n) is 2.08. The van der Waals surface area contributed by atoms with Crippen LogP contribution in [0.2, 0.25) is 0 Å². The van der Waals surface area contributed by atoms with Gasteiger partial charge in [0, 0.05) is 6.42 Å². The maximum absolute atomic E-state index is 11.6. The average molecular weight is 266 g/mol. The summed E-state index contributed by atoms with van der Waals surface area (Å²) in [6, 6.07) is 13.1. The van der Waals surface area contributed by atoms with Crippen LogP contribution in [-0.4, -0.2) is 15.9 Å². The molecule has 0 spiro atoms. The van der Waals surface area contributed by atoms with Gasteiger partial charge in [0.1, 0.15) is 5.52 Å². The third-order valence-electron chi connectivity index (χ3n) is 3.01. The van der Waals surface area contributed by atoms with E-state index < -0.39 is 0 Å². The molecule has 0 atom stereocenters. The van der Waals surface area contributed by atoms with Crippen LogP contribution in [0.5, 0.6) is 5.75 Å².